The van der Waals surface area contributed by atoms with Crippen LogP contribution in [0, 0.1) is 0 Å². The van der Waals surface area contributed by atoms with Crippen molar-refractivity contribution in [1.82, 2.24) is 0 Å². The molecule has 80 valence electrons. The Morgan fingerprint density at radius 2 is 1.92 bits per heavy atom. The van der Waals surface area contributed by atoms with Crippen LogP contribution in [0.25, 0.3) is 0 Å². The molecule has 0 fully saturated rings. The Balaban J connectivity index is 3.32. The minimum Gasteiger partial charge on any atom is -0.384 e. The van der Waals surface area contributed by atoms with Gasteiger partial charge in [-0.1, -0.05) is 13.3 Å². The minimum absolute atomic E-state index is 0.0410. The molecule has 0 aromatic carbocycles. The number of hydrogen-bond donors (Lipinski definition) is 1. The molecule has 0 saturated carbocycles. The van der Waals surface area contributed by atoms with Crippen molar-refractivity contribution in [3.63, 3.8) is 0 Å². The fourth-order valence-corrected chi connectivity index (χ4v) is 0.707. The number of aliphatic hydroxyl groups excluding tert-OH is 1. The molecule has 0 spiro atoms. The van der Waals surface area contributed by atoms with Gasteiger partial charge in [0.15, 0.2) is 6.10 Å². The van der Waals surface area contributed by atoms with E-state index < -0.39 is 12.3 Å². The Kier molecular flexibility index (Phi) is 6.07. The number of ether oxygens (including phenoxy) is 1. The van der Waals surface area contributed by atoms with E-state index in [4.69, 9.17) is 9.84 Å². The Morgan fingerprint density at radius 3 is 2.38 bits per heavy atom. The molecule has 0 aliphatic rings. The van der Waals surface area contributed by atoms with Gasteiger partial charge >= 0.3 is 6.18 Å². The Hall–Kier alpha value is -0.290. The largest absolute Gasteiger partial charge is 0.414 e. The first kappa shape index (κ1) is 12.7. The maximum atomic E-state index is 11.7. The summed E-state index contributed by atoms with van der Waals surface area (Å²) in [6.07, 6.45) is -5.38. The third kappa shape index (κ3) is 6.83. The fourth-order valence-electron chi connectivity index (χ4n) is 0.707. The normalized spacial score (nSPS) is 14.5. The highest BCUT2D eigenvalue weighted by molar-refractivity contribution is 4.63. The van der Waals surface area contributed by atoms with E-state index in [1.165, 1.54) is 0 Å². The maximum Gasteiger partial charge on any atom is 0.414 e. The molecule has 0 aliphatic heterocycles. The number of aliphatic hydroxyl groups is 1. The highest BCUT2D eigenvalue weighted by atomic mass is 19.4. The van der Waals surface area contributed by atoms with Gasteiger partial charge < -0.3 is 9.84 Å². The van der Waals surface area contributed by atoms with E-state index in [0.717, 1.165) is 12.8 Å². The topological polar surface area (TPSA) is 29.5 Å². The first-order valence-corrected chi connectivity index (χ1v) is 4.31. The van der Waals surface area contributed by atoms with Gasteiger partial charge in [0.1, 0.15) is 0 Å². The highest BCUT2D eigenvalue weighted by Gasteiger charge is 2.37. The highest BCUT2D eigenvalue weighted by Crippen LogP contribution is 2.21. The van der Waals surface area contributed by atoms with E-state index in [1.54, 1.807) is 0 Å². The second-order valence-electron chi connectivity index (χ2n) is 2.81. The molecule has 0 radical (unpaired) electrons. The Labute approximate surface area is 75.7 Å². The molecule has 2 nitrogen and oxygen atoms in total. The first-order chi connectivity index (χ1) is 5.98. The molecular weight excluding hydrogens is 185 g/mol. The zero-order valence-electron chi connectivity index (χ0n) is 7.60. The quantitative estimate of drug-likeness (QED) is 0.665. The van der Waals surface area contributed by atoms with E-state index in [-0.39, 0.29) is 13.0 Å². The Morgan fingerprint density at radius 1 is 1.31 bits per heavy atom. The predicted molar refractivity (Wildman–Crippen MR) is 42.4 cm³/mol. The summed E-state index contributed by atoms with van der Waals surface area (Å²) in [5.74, 6) is 0. The van der Waals surface area contributed by atoms with Gasteiger partial charge in [0.25, 0.3) is 0 Å². The van der Waals surface area contributed by atoms with E-state index in [0.29, 0.717) is 6.61 Å². The lowest BCUT2D eigenvalue weighted by atomic mass is 10.2. The molecule has 0 rings (SSSR count). The van der Waals surface area contributed by atoms with Crippen LogP contribution in [0.5, 0.6) is 0 Å². The summed E-state index contributed by atoms with van der Waals surface area (Å²) in [6.45, 7) is 2.38. The monoisotopic (exact) mass is 200 g/mol. The summed E-state index contributed by atoms with van der Waals surface area (Å²) in [5, 5.41) is 8.54. The SMILES string of the molecule is CCCCOCC[C@@H](O)C(F)(F)F. The number of unbranched alkanes of at least 4 members (excludes halogenated alkanes) is 1. The van der Waals surface area contributed by atoms with Crippen LogP contribution in [0.1, 0.15) is 26.2 Å². The van der Waals surface area contributed by atoms with Crippen LogP contribution < -0.4 is 0 Å². The van der Waals surface area contributed by atoms with Crippen molar-refractivity contribution in [3.8, 4) is 0 Å². The molecule has 0 heterocycles. The molecule has 1 N–H and O–H groups in total. The predicted octanol–water partition coefficient (Wildman–Crippen LogP) is 2.12. The summed E-state index contributed by atoms with van der Waals surface area (Å²) >= 11 is 0. The fraction of sp³-hybridized carbons (Fsp3) is 1.00. The molecular formula is C8H15F3O2. The van der Waals surface area contributed by atoms with Crippen molar-refractivity contribution in [2.45, 2.75) is 38.5 Å². The summed E-state index contributed by atoms with van der Waals surface area (Å²) in [6, 6.07) is 0. The van der Waals surface area contributed by atoms with Crippen LogP contribution in [-0.2, 0) is 4.74 Å². The van der Waals surface area contributed by atoms with Gasteiger partial charge in [-0.3, -0.25) is 0 Å². The summed E-state index contributed by atoms with van der Waals surface area (Å²) in [5.41, 5.74) is 0. The van der Waals surface area contributed by atoms with E-state index in [1.807, 2.05) is 6.92 Å². The van der Waals surface area contributed by atoms with Gasteiger partial charge in [-0.05, 0) is 6.42 Å². The van der Waals surface area contributed by atoms with Crippen LogP contribution in [-0.4, -0.2) is 30.6 Å². The molecule has 5 heteroatoms. The van der Waals surface area contributed by atoms with Gasteiger partial charge in [-0.25, -0.2) is 0 Å². The standard InChI is InChI=1S/C8H15F3O2/c1-2-3-5-13-6-4-7(12)8(9,10)11/h7,12H,2-6H2,1H3/t7-/m1/s1. The van der Waals surface area contributed by atoms with Crippen LogP contribution in [0.3, 0.4) is 0 Å². The molecule has 13 heavy (non-hydrogen) atoms. The second-order valence-corrected chi connectivity index (χ2v) is 2.81. The van der Waals surface area contributed by atoms with Crippen molar-refractivity contribution in [3.05, 3.63) is 0 Å². The van der Waals surface area contributed by atoms with Crippen LogP contribution >= 0.6 is 0 Å². The first-order valence-electron chi connectivity index (χ1n) is 4.31. The lowest BCUT2D eigenvalue weighted by Crippen LogP contribution is -2.29. The zero-order chi connectivity index (χ0) is 10.3. The third-order valence-corrected chi connectivity index (χ3v) is 1.56. The van der Waals surface area contributed by atoms with Crippen LogP contribution in [0.4, 0.5) is 13.2 Å². The van der Waals surface area contributed by atoms with Crippen molar-refractivity contribution in [1.29, 1.82) is 0 Å². The third-order valence-electron chi connectivity index (χ3n) is 1.56. The average Bonchev–Trinajstić information content (AvgIpc) is 2.02. The number of hydrogen-bond acceptors (Lipinski definition) is 2. The van der Waals surface area contributed by atoms with Crippen LogP contribution in [0.15, 0.2) is 0 Å². The van der Waals surface area contributed by atoms with Gasteiger partial charge in [0.2, 0.25) is 0 Å². The molecule has 0 bridgehead atoms. The van der Waals surface area contributed by atoms with Gasteiger partial charge in [-0.2, -0.15) is 13.2 Å². The minimum atomic E-state index is -4.52. The second kappa shape index (κ2) is 6.21. The van der Waals surface area contributed by atoms with E-state index >= 15 is 0 Å². The molecule has 0 unspecified atom stereocenters. The number of halogens is 3. The van der Waals surface area contributed by atoms with Gasteiger partial charge in [0, 0.05) is 19.6 Å². The summed E-state index contributed by atoms with van der Waals surface area (Å²) in [4.78, 5) is 0. The number of alkyl halides is 3. The maximum absolute atomic E-state index is 11.7. The molecule has 0 aromatic heterocycles. The lowest BCUT2D eigenvalue weighted by Gasteiger charge is -2.13. The van der Waals surface area contributed by atoms with Gasteiger partial charge in [0.05, 0.1) is 0 Å². The molecule has 1 atom stereocenters. The molecule has 0 aromatic rings. The van der Waals surface area contributed by atoms with E-state index in [2.05, 4.69) is 0 Å². The zero-order valence-corrected chi connectivity index (χ0v) is 7.60. The summed E-state index contributed by atoms with van der Waals surface area (Å²) in [7, 11) is 0. The van der Waals surface area contributed by atoms with Gasteiger partial charge in [-0.15, -0.1) is 0 Å². The van der Waals surface area contributed by atoms with Crippen molar-refractivity contribution >= 4 is 0 Å². The van der Waals surface area contributed by atoms with Crippen LogP contribution in [0.2, 0.25) is 0 Å². The molecule has 0 amide bonds. The molecule has 0 saturated heterocycles. The van der Waals surface area contributed by atoms with Crippen molar-refractivity contribution in [2.75, 3.05) is 13.2 Å². The van der Waals surface area contributed by atoms with Crippen molar-refractivity contribution < 1.29 is 23.0 Å². The summed E-state index contributed by atoms with van der Waals surface area (Å²) < 4.78 is 40.0. The lowest BCUT2D eigenvalue weighted by molar-refractivity contribution is -0.208. The average molecular weight is 200 g/mol. The smallest absolute Gasteiger partial charge is 0.384 e. The molecule has 0 aliphatic carbocycles. The van der Waals surface area contributed by atoms with Crippen molar-refractivity contribution in [2.24, 2.45) is 0 Å². The number of rotatable bonds is 6. The van der Waals surface area contributed by atoms with E-state index in [9.17, 15) is 13.2 Å². The Bertz CT molecular complexity index is 125.